The maximum Gasteiger partial charge on any atom is 0.270 e. The molecule has 40 heavy (non-hydrogen) atoms. The summed E-state index contributed by atoms with van der Waals surface area (Å²) in [6.45, 7) is 11.9. The van der Waals surface area contributed by atoms with Crippen molar-refractivity contribution in [3.05, 3.63) is 106 Å². The van der Waals surface area contributed by atoms with Crippen molar-refractivity contribution in [1.29, 1.82) is 0 Å². The molecule has 3 aromatic carbocycles. The molecule has 0 aliphatic carbocycles. The summed E-state index contributed by atoms with van der Waals surface area (Å²) in [5, 5.41) is 1.18. The fourth-order valence-electron chi connectivity index (χ4n) is 6.89. The number of piperazine rings is 1. The molecule has 0 atom stereocenters. The Labute approximate surface area is 238 Å². The van der Waals surface area contributed by atoms with Crippen LogP contribution in [0.5, 0.6) is 0 Å². The molecule has 0 radical (unpaired) electrons. The number of piperidine rings is 1. The van der Waals surface area contributed by atoms with E-state index in [0.29, 0.717) is 5.92 Å². The standard InChI is InChI=1S/C35H42N4O/c1-26-9-8-10-27(2)33(26)29-16-19-38(20-17-29)25-31-30-13-6-7-14-32(30)36-34(31)35(40)39-23-21-37(22-24-39)18-15-28-11-4-3-5-12-28/h3-14,29,36H,15-25H2,1-2H3. The number of para-hydroxylation sites is 1. The minimum atomic E-state index is 0.152. The molecule has 5 nitrogen and oxygen atoms in total. The lowest BCUT2D eigenvalue weighted by atomic mass is 9.84. The Balaban J connectivity index is 1.12. The topological polar surface area (TPSA) is 42.6 Å². The third kappa shape index (κ3) is 5.72. The van der Waals surface area contributed by atoms with E-state index in [1.807, 2.05) is 0 Å². The summed E-state index contributed by atoms with van der Waals surface area (Å²) < 4.78 is 0. The van der Waals surface area contributed by atoms with Gasteiger partial charge in [-0.05, 0) is 80.4 Å². The molecule has 0 bridgehead atoms. The zero-order valence-corrected chi connectivity index (χ0v) is 24.0. The van der Waals surface area contributed by atoms with Gasteiger partial charge < -0.3 is 9.88 Å². The minimum Gasteiger partial charge on any atom is -0.350 e. The molecule has 1 aromatic heterocycles. The number of nitrogens with zero attached hydrogens (tertiary/aromatic N) is 3. The van der Waals surface area contributed by atoms with Gasteiger partial charge in [0.05, 0.1) is 0 Å². The number of fused-ring (bicyclic) bond motifs is 1. The highest BCUT2D eigenvalue weighted by Crippen LogP contribution is 2.34. The SMILES string of the molecule is Cc1cccc(C)c1C1CCN(Cc2c(C(=O)N3CCN(CCc4ccccc4)CC3)[nH]c3ccccc23)CC1. The molecule has 4 aromatic rings. The number of rotatable bonds is 7. The summed E-state index contributed by atoms with van der Waals surface area (Å²) in [6.07, 6.45) is 3.39. The molecule has 6 rings (SSSR count). The van der Waals surface area contributed by atoms with E-state index in [4.69, 9.17) is 0 Å². The number of benzene rings is 3. The fourth-order valence-corrected chi connectivity index (χ4v) is 6.89. The normalized spacial score (nSPS) is 17.5. The van der Waals surface area contributed by atoms with E-state index in [9.17, 15) is 4.79 Å². The van der Waals surface area contributed by atoms with Crippen LogP contribution in [0.1, 0.15) is 57.1 Å². The first-order chi connectivity index (χ1) is 19.6. The summed E-state index contributed by atoms with van der Waals surface area (Å²) in [6, 6.07) is 25.8. The number of hydrogen-bond donors (Lipinski definition) is 1. The lowest BCUT2D eigenvalue weighted by molar-refractivity contribution is 0.0631. The highest BCUT2D eigenvalue weighted by molar-refractivity contribution is 6.01. The lowest BCUT2D eigenvalue weighted by Crippen LogP contribution is -2.49. The zero-order chi connectivity index (χ0) is 27.5. The number of hydrogen-bond acceptors (Lipinski definition) is 3. The first-order valence-electron chi connectivity index (χ1n) is 15.0. The monoisotopic (exact) mass is 534 g/mol. The molecule has 1 amide bonds. The van der Waals surface area contributed by atoms with Crippen LogP contribution in [0.25, 0.3) is 10.9 Å². The fraction of sp³-hybridized carbons (Fsp3) is 0.400. The summed E-state index contributed by atoms with van der Waals surface area (Å²) >= 11 is 0. The Morgan fingerprint density at radius 1 is 0.775 bits per heavy atom. The zero-order valence-electron chi connectivity index (χ0n) is 24.0. The van der Waals surface area contributed by atoms with Gasteiger partial charge in [0.15, 0.2) is 0 Å². The van der Waals surface area contributed by atoms with Crippen LogP contribution in [0.3, 0.4) is 0 Å². The summed E-state index contributed by atoms with van der Waals surface area (Å²) in [4.78, 5) is 24.5. The van der Waals surface area contributed by atoms with Crippen molar-refractivity contribution in [1.82, 2.24) is 19.7 Å². The highest BCUT2D eigenvalue weighted by atomic mass is 16.2. The summed E-state index contributed by atoms with van der Waals surface area (Å²) in [5.41, 5.74) is 8.78. The van der Waals surface area contributed by atoms with Crippen molar-refractivity contribution >= 4 is 16.8 Å². The third-order valence-corrected chi connectivity index (χ3v) is 9.17. The molecule has 2 aliphatic rings. The number of carbonyl (C=O) groups excluding carboxylic acids is 1. The molecular weight excluding hydrogens is 492 g/mol. The van der Waals surface area contributed by atoms with Crippen LogP contribution in [0.15, 0.2) is 72.8 Å². The molecule has 208 valence electrons. The van der Waals surface area contributed by atoms with Crippen molar-refractivity contribution in [2.75, 3.05) is 45.8 Å². The van der Waals surface area contributed by atoms with Crippen molar-refractivity contribution in [3.63, 3.8) is 0 Å². The van der Waals surface area contributed by atoms with Crippen LogP contribution in [-0.4, -0.2) is 71.4 Å². The Morgan fingerprint density at radius 3 is 2.17 bits per heavy atom. The average Bonchev–Trinajstić information content (AvgIpc) is 3.35. The highest BCUT2D eigenvalue weighted by Gasteiger charge is 2.29. The predicted octanol–water partition coefficient (Wildman–Crippen LogP) is 6.16. The number of aryl methyl sites for hydroxylation is 2. The van der Waals surface area contributed by atoms with E-state index in [1.165, 1.54) is 34.9 Å². The van der Waals surface area contributed by atoms with Crippen LogP contribution in [-0.2, 0) is 13.0 Å². The number of nitrogens with one attached hydrogen (secondary N) is 1. The lowest BCUT2D eigenvalue weighted by Gasteiger charge is -2.35. The van der Waals surface area contributed by atoms with E-state index in [-0.39, 0.29) is 5.91 Å². The van der Waals surface area contributed by atoms with Gasteiger partial charge in [-0.1, -0.05) is 66.7 Å². The maximum absolute atomic E-state index is 13.9. The number of carbonyl (C=O) groups is 1. The first-order valence-corrected chi connectivity index (χ1v) is 15.0. The van der Waals surface area contributed by atoms with E-state index < -0.39 is 0 Å². The van der Waals surface area contributed by atoms with E-state index in [1.54, 1.807) is 5.56 Å². The molecule has 1 N–H and O–H groups in total. The van der Waals surface area contributed by atoms with Crippen molar-refractivity contribution in [2.45, 2.75) is 45.6 Å². The molecule has 2 saturated heterocycles. The van der Waals surface area contributed by atoms with Crippen molar-refractivity contribution in [2.24, 2.45) is 0 Å². The number of aromatic nitrogens is 1. The van der Waals surface area contributed by atoms with Gasteiger partial charge in [0.25, 0.3) is 5.91 Å². The molecule has 5 heteroatoms. The van der Waals surface area contributed by atoms with E-state index in [0.717, 1.165) is 75.6 Å². The average molecular weight is 535 g/mol. The Bertz CT molecular complexity index is 1420. The molecule has 0 unspecified atom stereocenters. The second kappa shape index (κ2) is 12.0. The van der Waals surface area contributed by atoms with E-state index >= 15 is 0 Å². The van der Waals surface area contributed by atoms with Crippen molar-refractivity contribution in [3.8, 4) is 0 Å². The smallest absolute Gasteiger partial charge is 0.270 e. The van der Waals surface area contributed by atoms with Gasteiger partial charge in [-0.2, -0.15) is 0 Å². The second-order valence-electron chi connectivity index (χ2n) is 11.7. The number of aromatic amines is 1. The molecule has 2 fully saturated rings. The van der Waals surface area contributed by atoms with Crippen LogP contribution in [0.2, 0.25) is 0 Å². The van der Waals surface area contributed by atoms with Crippen molar-refractivity contribution < 1.29 is 4.79 Å². The quantitative estimate of drug-likeness (QED) is 0.309. The van der Waals surface area contributed by atoms with Gasteiger partial charge in [-0.25, -0.2) is 0 Å². The van der Waals surface area contributed by atoms with Gasteiger partial charge >= 0.3 is 0 Å². The van der Waals surface area contributed by atoms with Crippen LogP contribution in [0.4, 0.5) is 0 Å². The minimum absolute atomic E-state index is 0.152. The number of likely N-dealkylation sites (tertiary alicyclic amines) is 1. The summed E-state index contributed by atoms with van der Waals surface area (Å²) in [5.74, 6) is 0.777. The second-order valence-corrected chi connectivity index (χ2v) is 11.7. The van der Waals surface area contributed by atoms with Gasteiger partial charge in [0.1, 0.15) is 5.69 Å². The molecular formula is C35H42N4O. The van der Waals surface area contributed by atoms with Crippen LogP contribution < -0.4 is 0 Å². The van der Waals surface area contributed by atoms with E-state index in [2.05, 4.69) is 106 Å². The van der Waals surface area contributed by atoms with Gasteiger partial charge in [0, 0.05) is 55.7 Å². The Morgan fingerprint density at radius 2 is 1.45 bits per heavy atom. The molecule has 0 saturated carbocycles. The number of amides is 1. The number of H-pyrrole nitrogens is 1. The first kappa shape index (κ1) is 26.8. The maximum atomic E-state index is 13.9. The molecule has 0 spiro atoms. The Kier molecular flexibility index (Phi) is 8.03. The van der Waals surface area contributed by atoms with Gasteiger partial charge in [-0.3, -0.25) is 14.6 Å². The molecule has 3 heterocycles. The molecule has 2 aliphatic heterocycles. The van der Waals surface area contributed by atoms with Gasteiger partial charge in [0.2, 0.25) is 0 Å². The van der Waals surface area contributed by atoms with Crippen LogP contribution >= 0.6 is 0 Å². The largest absolute Gasteiger partial charge is 0.350 e. The van der Waals surface area contributed by atoms with Crippen LogP contribution in [0, 0.1) is 13.8 Å². The van der Waals surface area contributed by atoms with Gasteiger partial charge in [-0.15, -0.1) is 0 Å². The Hall–Kier alpha value is -3.41. The third-order valence-electron chi connectivity index (χ3n) is 9.17. The summed E-state index contributed by atoms with van der Waals surface area (Å²) in [7, 11) is 0. The predicted molar refractivity (Wildman–Crippen MR) is 164 cm³/mol.